The van der Waals surface area contributed by atoms with E-state index < -0.39 is 16.8 Å². The number of nitrogens with zero attached hydrogens (tertiary/aromatic N) is 1. The van der Waals surface area contributed by atoms with E-state index >= 15 is 0 Å². The molecule has 2 rings (SSSR count). The zero-order chi connectivity index (χ0) is 17.2. The second-order valence-electron chi connectivity index (χ2n) is 7.11. The van der Waals surface area contributed by atoms with Crippen molar-refractivity contribution < 1.29 is 19.5 Å². The molecule has 0 aromatic rings. The third-order valence-corrected chi connectivity index (χ3v) is 6.42. The Kier molecular flexibility index (Phi) is 5.76. The smallest absolute Gasteiger partial charge is 0.327 e. The second kappa shape index (κ2) is 7.24. The van der Waals surface area contributed by atoms with Crippen LogP contribution in [0.5, 0.6) is 0 Å². The lowest BCUT2D eigenvalue weighted by molar-refractivity contribution is -0.164. The average Bonchev–Trinajstić information content (AvgIpc) is 2.73. The summed E-state index contributed by atoms with van der Waals surface area (Å²) in [4.78, 5) is 37.3. The molecule has 3 atom stereocenters. The van der Waals surface area contributed by atoms with Crippen molar-refractivity contribution in [2.75, 3.05) is 0 Å². The SMILES string of the molecule is CCCCCCCC(=O)C[C@@H]1C(=O)N2[C@@H]1SC(C)(C)[C@@H]2C(=O)O. The number of thioether (sulfide) groups is 1. The van der Waals surface area contributed by atoms with Gasteiger partial charge < -0.3 is 10.0 Å². The van der Waals surface area contributed by atoms with Gasteiger partial charge >= 0.3 is 5.97 Å². The Labute approximate surface area is 142 Å². The minimum Gasteiger partial charge on any atom is -0.480 e. The minimum atomic E-state index is -0.959. The number of carbonyl (C=O) groups is 3. The zero-order valence-corrected chi connectivity index (χ0v) is 15.0. The monoisotopic (exact) mass is 341 g/mol. The molecule has 130 valence electrons. The van der Waals surface area contributed by atoms with Crippen LogP contribution in [0, 0.1) is 5.92 Å². The summed E-state index contributed by atoms with van der Waals surface area (Å²) in [6, 6.07) is -0.787. The molecule has 0 aromatic carbocycles. The second-order valence-corrected chi connectivity index (χ2v) is 8.88. The van der Waals surface area contributed by atoms with Gasteiger partial charge in [-0.3, -0.25) is 9.59 Å². The molecule has 6 heteroatoms. The highest BCUT2D eigenvalue weighted by atomic mass is 32.2. The number of carboxylic acids is 1. The van der Waals surface area contributed by atoms with Crippen LogP contribution in [0.15, 0.2) is 0 Å². The van der Waals surface area contributed by atoms with Gasteiger partial charge in [0, 0.05) is 17.6 Å². The van der Waals surface area contributed by atoms with Crippen molar-refractivity contribution >= 4 is 29.4 Å². The fourth-order valence-corrected chi connectivity index (χ4v) is 5.23. The van der Waals surface area contributed by atoms with Crippen molar-refractivity contribution in [2.45, 2.75) is 81.9 Å². The van der Waals surface area contributed by atoms with E-state index in [2.05, 4.69) is 6.92 Å². The number of β-lactam (4-membered cyclic amide) rings is 1. The molecular formula is C17H27NO4S. The minimum absolute atomic E-state index is 0.136. The number of Topliss-reactive ketones (excluding diaryl/α,β-unsaturated/α-hetero) is 1. The van der Waals surface area contributed by atoms with Gasteiger partial charge in [0.2, 0.25) is 5.91 Å². The number of hydrogen-bond donors (Lipinski definition) is 1. The first-order valence-corrected chi connectivity index (χ1v) is 9.42. The molecular weight excluding hydrogens is 314 g/mol. The van der Waals surface area contributed by atoms with Crippen molar-refractivity contribution in [3.63, 3.8) is 0 Å². The summed E-state index contributed by atoms with van der Waals surface area (Å²) in [7, 11) is 0. The van der Waals surface area contributed by atoms with E-state index in [1.54, 1.807) is 0 Å². The standard InChI is InChI=1S/C17H27NO4S/c1-4-5-6-7-8-9-11(19)10-12-14(20)18-13(16(21)22)17(2,3)23-15(12)18/h12-13,15H,4-10H2,1-3H3,(H,21,22)/t12-,13+,15-/m1/s1. The Hall–Kier alpha value is -1.04. The molecule has 2 saturated heterocycles. The number of rotatable bonds is 9. The van der Waals surface area contributed by atoms with Gasteiger partial charge in [-0.05, 0) is 20.3 Å². The highest BCUT2D eigenvalue weighted by Gasteiger charge is 2.63. The van der Waals surface area contributed by atoms with E-state index in [1.807, 2.05) is 13.8 Å². The predicted octanol–water partition coefficient (Wildman–Crippen LogP) is 3.07. The molecule has 0 unspecified atom stereocenters. The molecule has 0 aromatic heterocycles. The summed E-state index contributed by atoms with van der Waals surface area (Å²) in [5, 5.41) is 9.22. The number of amides is 1. The van der Waals surface area contributed by atoms with Crippen LogP contribution in [0.1, 0.15) is 65.7 Å². The Morgan fingerprint density at radius 2 is 1.87 bits per heavy atom. The van der Waals surface area contributed by atoms with Crippen LogP contribution in [0.3, 0.4) is 0 Å². The Morgan fingerprint density at radius 1 is 1.22 bits per heavy atom. The molecule has 0 saturated carbocycles. The Balaban J connectivity index is 1.84. The summed E-state index contributed by atoms with van der Waals surface area (Å²) < 4.78 is -0.510. The van der Waals surface area contributed by atoms with Gasteiger partial charge in [0.25, 0.3) is 0 Å². The fourth-order valence-electron chi connectivity index (χ4n) is 3.55. The number of aliphatic carboxylic acids is 1. The third kappa shape index (κ3) is 3.73. The number of carboxylic acid groups (broad SMARTS) is 1. The van der Waals surface area contributed by atoms with E-state index in [0.717, 1.165) is 19.3 Å². The van der Waals surface area contributed by atoms with Gasteiger partial charge in [-0.25, -0.2) is 4.79 Å². The molecule has 0 aliphatic carbocycles. The normalized spacial score (nSPS) is 28.4. The molecule has 5 nitrogen and oxygen atoms in total. The topological polar surface area (TPSA) is 74.7 Å². The van der Waals surface area contributed by atoms with Gasteiger partial charge in [-0.2, -0.15) is 0 Å². The number of carbonyl (C=O) groups excluding carboxylic acids is 2. The molecule has 2 heterocycles. The summed E-state index contributed by atoms with van der Waals surface area (Å²) in [5.74, 6) is -1.32. The highest BCUT2D eigenvalue weighted by Crippen LogP contribution is 2.54. The van der Waals surface area contributed by atoms with Crippen molar-refractivity contribution in [3.8, 4) is 0 Å². The largest absolute Gasteiger partial charge is 0.480 e. The molecule has 0 spiro atoms. The Morgan fingerprint density at radius 3 is 2.48 bits per heavy atom. The van der Waals surface area contributed by atoms with Gasteiger partial charge in [0.1, 0.15) is 11.8 Å². The van der Waals surface area contributed by atoms with E-state index in [0.29, 0.717) is 6.42 Å². The predicted molar refractivity (Wildman–Crippen MR) is 90.2 cm³/mol. The molecule has 2 aliphatic rings. The number of ketones is 1. The van der Waals surface area contributed by atoms with E-state index in [1.165, 1.54) is 29.5 Å². The maximum absolute atomic E-state index is 12.3. The first-order chi connectivity index (χ1) is 10.8. The molecule has 1 amide bonds. The molecule has 23 heavy (non-hydrogen) atoms. The summed E-state index contributed by atoms with van der Waals surface area (Å²) in [6.45, 7) is 5.87. The van der Waals surface area contributed by atoms with E-state index in [-0.39, 0.29) is 29.4 Å². The van der Waals surface area contributed by atoms with Crippen molar-refractivity contribution in [1.29, 1.82) is 0 Å². The first kappa shape index (κ1) is 18.3. The van der Waals surface area contributed by atoms with Crippen LogP contribution < -0.4 is 0 Å². The fraction of sp³-hybridized carbons (Fsp3) is 0.824. The van der Waals surface area contributed by atoms with Crippen molar-refractivity contribution in [3.05, 3.63) is 0 Å². The first-order valence-electron chi connectivity index (χ1n) is 8.54. The van der Waals surface area contributed by atoms with Crippen LogP contribution in [0.2, 0.25) is 0 Å². The maximum Gasteiger partial charge on any atom is 0.327 e. The van der Waals surface area contributed by atoms with Crippen LogP contribution >= 0.6 is 11.8 Å². The summed E-state index contributed by atoms with van der Waals surface area (Å²) in [6.07, 6.45) is 6.31. The van der Waals surface area contributed by atoms with Gasteiger partial charge in [0.05, 0.1) is 11.3 Å². The van der Waals surface area contributed by atoms with Crippen LogP contribution in [0.4, 0.5) is 0 Å². The summed E-state index contributed by atoms with van der Waals surface area (Å²) in [5.41, 5.74) is 0. The highest BCUT2D eigenvalue weighted by molar-refractivity contribution is 8.01. The molecule has 0 radical (unpaired) electrons. The lowest BCUT2D eigenvalue weighted by Gasteiger charge is -2.43. The number of fused-ring (bicyclic) bond motifs is 1. The molecule has 1 N–H and O–H groups in total. The van der Waals surface area contributed by atoms with Crippen molar-refractivity contribution in [1.82, 2.24) is 4.90 Å². The zero-order valence-electron chi connectivity index (χ0n) is 14.2. The third-order valence-electron chi connectivity index (χ3n) is 4.79. The Bertz CT molecular complexity index is 491. The van der Waals surface area contributed by atoms with E-state index in [4.69, 9.17) is 0 Å². The molecule has 2 aliphatic heterocycles. The van der Waals surface area contributed by atoms with Crippen LogP contribution in [-0.2, 0) is 14.4 Å². The lowest BCUT2D eigenvalue weighted by Crippen LogP contribution is -2.62. The number of hydrogen-bond acceptors (Lipinski definition) is 4. The average molecular weight is 341 g/mol. The quantitative estimate of drug-likeness (QED) is 0.515. The molecule has 0 bridgehead atoms. The lowest BCUT2D eigenvalue weighted by atomic mass is 9.87. The van der Waals surface area contributed by atoms with Crippen LogP contribution in [0.25, 0.3) is 0 Å². The number of unbranched alkanes of at least 4 members (excludes halogenated alkanes) is 4. The molecule has 2 fully saturated rings. The van der Waals surface area contributed by atoms with Gasteiger partial charge in [-0.1, -0.05) is 32.6 Å². The maximum atomic E-state index is 12.3. The van der Waals surface area contributed by atoms with Crippen LogP contribution in [-0.4, -0.2) is 43.8 Å². The van der Waals surface area contributed by atoms with E-state index in [9.17, 15) is 19.5 Å². The van der Waals surface area contributed by atoms with Gasteiger partial charge in [0.15, 0.2) is 0 Å². The van der Waals surface area contributed by atoms with Gasteiger partial charge in [-0.15, -0.1) is 11.8 Å². The van der Waals surface area contributed by atoms with Crippen molar-refractivity contribution in [2.24, 2.45) is 5.92 Å². The summed E-state index contributed by atoms with van der Waals surface area (Å²) >= 11 is 1.51.